The fraction of sp³-hybridized carbons (Fsp3) is 0.400. The number of likely N-dealkylation sites (tertiary alicyclic amines) is 1. The normalized spacial score (nSPS) is 17.2. The van der Waals surface area contributed by atoms with Crippen LogP contribution < -0.4 is 0 Å². The van der Waals surface area contributed by atoms with Crippen LogP contribution in [0, 0.1) is 0 Å². The zero-order valence-corrected chi connectivity index (χ0v) is 15.3. The van der Waals surface area contributed by atoms with Gasteiger partial charge in [0.2, 0.25) is 5.91 Å². The quantitative estimate of drug-likeness (QED) is 0.673. The van der Waals surface area contributed by atoms with Crippen molar-refractivity contribution >= 4 is 5.91 Å². The highest BCUT2D eigenvalue weighted by atomic mass is 16.2. The Hall–Kier alpha value is -2.96. The Labute approximate surface area is 158 Å². The second-order valence-corrected chi connectivity index (χ2v) is 6.97. The lowest BCUT2D eigenvalue weighted by Crippen LogP contribution is -2.40. The van der Waals surface area contributed by atoms with Gasteiger partial charge >= 0.3 is 0 Å². The van der Waals surface area contributed by atoms with E-state index in [4.69, 9.17) is 0 Å². The van der Waals surface area contributed by atoms with Gasteiger partial charge < -0.3 is 9.47 Å². The third-order valence-electron chi connectivity index (χ3n) is 5.10. The number of hydrogen-bond donors (Lipinski definition) is 0. The first-order valence-corrected chi connectivity index (χ1v) is 9.45. The van der Waals surface area contributed by atoms with Gasteiger partial charge in [-0.3, -0.25) is 14.5 Å². The molecule has 0 spiro atoms. The number of carbonyl (C=O) groups excluding carboxylic acids is 1. The van der Waals surface area contributed by atoms with E-state index in [-0.39, 0.29) is 11.8 Å². The molecule has 1 unspecified atom stereocenters. The van der Waals surface area contributed by atoms with Crippen LogP contribution in [0.5, 0.6) is 0 Å². The van der Waals surface area contributed by atoms with Crippen LogP contribution in [0.4, 0.5) is 0 Å². The zero-order chi connectivity index (χ0) is 18.5. The van der Waals surface area contributed by atoms with Crippen LogP contribution in [0.3, 0.4) is 0 Å². The Morgan fingerprint density at radius 1 is 1.15 bits per heavy atom. The van der Waals surface area contributed by atoms with Crippen LogP contribution in [0.1, 0.15) is 36.6 Å². The maximum atomic E-state index is 12.6. The van der Waals surface area contributed by atoms with E-state index in [9.17, 15) is 4.79 Å². The van der Waals surface area contributed by atoms with Crippen molar-refractivity contribution in [2.24, 2.45) is 0 Å². The van der Waals surface area contributed by atoms with E-state index in [1.54, 1.807) is 10.9 Å². The van der Waals surface area contributed by atoms with Gasteiger partial charge in [0.15, 0.2) is 0 Å². The first-order valence-electron chi connectivity index (χ1n) is 9.45. The van der Waals surface area contributed by atoms with E-state index < -0.39 is 0 Å². The van der Waals surface area contributed by atoms with Gasteiger partial charge in [0.1, 0.15) is 5.82 Å². The molecule has 0 bridgehead atoms. The van der Waals surface area contributed by atoms with Gasteiger partial charge in [-0.15, -0.1) is 0 Å². The fourth-order valence-corrected chi connectivity index (χ4v) is 3.71. The highest BCUT2D eigenvalue weighted by Gasteiger charge is 2.27. The topological polar surface area (TPSA) is 68.8 Å². The fourth-order valence-electron chi connectivity index (χ4n) is 3.71. The van der Waals surface area contributed by atoms with Gasteiger partial charge in [-0.2, -0.15) is 5.10 Å². The molecular weight excluding hydrogens is 340 g/mol. The van der Waals surface area contributed by atoms with E-state index in [1.165, 1.54) is 5.56 Å². The smallest absolute Gasteiger partial charge is 0.224 e. The Bertz CT molecular complexity index is 858. The van der Waals surface area contributed by atoms with Gasteiger partial charge in [-0.1, -0.05) is 0 Å². The first-order chi connectivity index (χ1) is 13.3. The average molecular weight is 364 g/mol. The number of hydrogen-bond acceptors (Lipinski definition) is 4. The van der Waals surface area contributed by atoms with Crippen molar-refractivity contribution in [2.75, 3.05) is 13.1 Å². The summed E-state index contributed by atoms with van der Waals surface area (Å²) < 4.78 is 4.00. The van der Waals surface area contributed by atoms with Crippen LogP contribution in [0.15, 0.2) is 55.4 Å². The molecule has 0 N–H and O–H groups in total. The van der Waals surface area contributed by atoms with E-state index in [0.717, 1.165) is 38.3 Å². The molecule has 1 fully saturated rings. The highest BCUT2D eigenvalue weighted by molar-refractivity contribution is 5.76. The zero-order valence-electron chi connectivity index (χ0n) is 15.3. The molecule has 1 atom stereocenters. The van der Waals surface area contributed by atoms with E-state index in [1.807, 2.05) is 54.1 Å². The Balaban J connectivity index is 1.40. The number of amides is 1. The van der Waals surface area contributed by atoms with E-state index >= 15 is 0 Å². The van der Waals surface area contributed by atoms with Gasteiger partial charge in [0.05, 0.1) is 0 Å². The number of imidazole rings is 1. The maximum Gasteiger partial charge on any atom is 0.224 e. The Morgan fingerprint density at radius 3 is 2.85 bits per heavy atom. The van der Waals surface area contributed by atoms with E-state index in [0.29, 0.717) is 13.0 Å². The summed E-state index contributed by atoms with van der Waals surface area (Å²) in [6.07, 6.45) is 13.7. The van der Waals surface area contributed by atoms with Gasteiger partial charge in [0.25, 0.3) is 0 Å². The molecule has 3 aromatic heterocycles. The molecule has 7 nitrogen and oxygen atoms in total. The predicted molar refractivity (Wildman–Crippen MR) is 101 cm³/mol. The lowest BCUT2D eigenvalue weighted by molar-refractivity contribution is -0.132. The highest BCUT2D eigenvalue weighted by Crippen LogP contribution is 2.26. The SMILES string of the molecule is O=C(CCn1cccn1)N1CCCC(c2nccn2Cc2ccncc2)C1. The van der Waals surface area contributed by atoms with Gasteiger partial charge in [-0.25, -0.2) is 4.98 Å². The summed E-state index contributed by atoms with van der Waals surface area (Å²) in [6.45, 7) is 2.98. The van der Waals surface area contributed by atoms with Crippen molar-refractivity contribution in [3.05, 3.63) is 66.8 Å². The third-order valence-corrected chi connectivity index (χ3v) is 5.10. The third kappa shape index (κ3) is 4.24. The lowest BCUT2D eigenvalue weighted by Gasteiger charge is -2.33. The van der Waals surface area contributed by atoms with Crippen molar-refractivity contribution < 1.29 is 4.79 Å². The Kier molecular flexibility index (Phi) is 5.27. The summed E-state index contributed by atoms with van der Waals surface area (Å²) >= 11 is 0. The van der Waals surface area contributed by atoms with Crippen molar-refractivity contribution in [1.29, 1.82) is 0 Å². The van der Waals surface area contributed by atoms with Crippen molar-refractivity contribution in [3.8, 4) is 0 Å². The maximum absolute atomic E-state index is 12.6. The molecule has 140 valence electrons. The number of pyridine rings is 1. The standard InChI is InChI=1S/C20H24N6O/c27-19(6-13-26-12-2-7-23-26)24-11-1-3-18(16-24)20-22-10-14-25(20)15-17-4-8-21-9-5-17/h2,4-5,7-10,12,14,18H,1,3,6,11,13,15-16H2. The van der Waals surface area contributed by atoms with Crippen molar-refractivity contribution in [1.82, 2.24) is 29.2 Å². The molecule has 7 heteroatoms. The number of nitrogens with zero attached hydrogens (tertiary/aromatic N) is 6. The average Bonchev–Trinajstić information content (AvgIpc) is 3.39. The summed E-state index contributed by atoms with van der Waals surface area (Å²) in [5.74, 6) is 1.54. The summed E-state index contributed by atoms with van der Waals surface area (Å²) in [6, 6.07) is 5.93. The largest absolute Gasteiger partial charge is 0.342 e. The molecule has 0 radical (unpaired) electrons. The molecule has 1 amide bonds. The molecule has 27 heavy (non-hydrogen) atoms. The minimum atomic E-state index is 0.197. The lowest BCUT2D eigenvalue weighted by atomic mass is 9.96. The monoisotopic (exact) mass is 364 g/mol. The molecule has 4 heterocycles. The number of piperidine rings is 1. The van der Waals surface area contributed by atoms with Crippen molar-refractivity contribution in [2.45, 2.75) is 38.3 Å². The predicted octanol–water partition coefficient (Wildman–Crippen LogP) is 2.32. The summed E-state index contributed by atoms with van der Waals surface area (Å²) in [7, 11) is 0. The Morgan fingerprint density at radius 2 is 2.04 bits per heavy atom. The number of rotatable bonds is 6. The van der Waals surface area contributed by atoms with Gasteiger partial charge in [-0.05, 0) is 36.6 Å². The number of aromatic nitrogens is 5. The summed E-state index contributed by atoms with van der Waals surface area (Å²) in [5, 5.41) is 4.17. The molecular formula is C20H24N6O. The van der Waals surface area contributed by atoms with Crippen molar-refractivity contribution in [3.63, 3.8) is 0 Å². The molecule has 0 aromatic carbocycles. The van der Waals surface area contributed by atoms with Gasteiger partial charge in [0, 0.05) is 75.7 Å². The van der Waals surface area contributed by atoms with E-state index in [2.05, 4.69) is 19.6 Å². The number of carbonyl (C=O) groups is 1. The first kappa shape index (κ1) is 17.5. The van der Waals surface area contributed by atoms with Crippen LogP contribution in [-0.2, 0) is 17.9 Å². The number of aryl methyl sites for hydroxylation is 1. The van der Waals surface area contributed by atoms with Crippen LogP contribution in [-0.4, -0.2) is 48.2 Å². The molecule has 1 aliphatic heterocycles. The minimum absolute atomic E-state index is 0.197. The second-order valence-electron chi connectivity index (χ2n) is 6.97. The second kappa shape index (κ2) is 8.16. The molecule has 1 saturated heterocycles. The van der Waals surface area contributed by atoms with Crippen LogP contribution in [0.2, 0.25) is 0 Å². The summed E-state index contributed by atoms with van der Waals surface area (Å²) in [4.78, 5) is 23.3. The molecule has 0 saturated carbocycles. The minimum Gasteiger partial charge on any atom is -0.342 e. The molecule has 3 aromatic rings. The summed E-state index contributed by atoms with van der Waals surface area (Å²) in [5.41, 5.74) is 1.20. The van der Waals surface area contributed by atoms with Crippen LogP contribution in [0.25, 0.3) is 0 Å². The molecule has 4 rings (SSSR count). The molecule has 0 aliphatic carbocycles. The van der Waals surface area contributed by atoms with Crippen LogP contribution >= 0.6 is 0 Å². The molecule has 1 aliphatic rings.